The number of fused-ring (bicyclic) bond motifs is 1. The van der Waals surface area contributed by atoms with Gasteiger partial charge in [0, 0.05) is 24.9 Å². The molecule has 1 unspecified atom stereocenters. The number of imide groups is 1. The van der Waals surface area contributed by atoms with Gasteiger partial charge in [0.15, 0.2) is 0 Å². The minimum Gasteiger partial charge on any atom is -0.486 e. The first kappa shape index (κ1) is 27.2. The standard InChI is InChI=1S/C25H22N4O4S.2ClH/c1-29-21-13-19(33-18-4-2-3-16(26)12-18)9-10-20(21)27-23(29)14-32-17-7-5-15(6-8-17)11-22-24(30)28-25(31)34-22;;/h2-10,12-13,22H,11,14,26H2,1H3,(H,28,30,31);2*1H. The number of benzene rings is 3. The van der Waals surface area contributed by atoms with Crippen molar-refractivity contribution in [3.8, 4) is 17.2 Å². The Morgan fingerprint density at radius 1 is 1.00 bits per heavy atom. The normalized spacial score (nSPS) is 14.6. The third kappa shape index (κ3) is 6.04. The molecule has 1 aliphatic rings. The van der Waals surface area contributed by atoms with Gasteiger partial charge in [-0.3, -0.25) is 14.9 Å². The van der Waals surface area contributed by atoms with Gasteiger partial charge in [-0.15, -0.1) is 24.8 Å². The van der Waals surface area contributed by atoms with E-state index in [4.69, 9.17) is 15.2 Å². The van der Waals surface area contributed by atoms with Crippen molar-refractivity contribution in [2.24, 2.45) is 7.05 Å². The van der Waals surface area contributed by atoms with Gasteiger partial charge in [-0.2, -0.15) is 0 Å². The summed E-state index contributed by atoms with van der Waals surface area (Å²) < 4.78 is 13.8. The lowest BCUT2D eigenvalue weighted by Crippen LogP contribution is -2.25. The molecule has 8 nitrogen and oxygen atoms in total. The molecule has 0 spiro atoms. The first-order valence-corrected chi connectivity index (χ1v) is 11.5. The van der Waals surface area contributed by atoms with E-state index in [9.17, 15) is 9.59 Å². The molecule has 11 heteroatoms. The number of aryl methyl sites for hydroxylation is 1. The molecule has 3 N–H and O–H groups in total. The molecule has 1 fully saturated rings. The number of amides is 2. The Balaban J connectivity index is 0.00000180. The molecule has 1 saturated heterocycles. The molecule has 3 aromatic carbocycles. The maximum Gasteiger partial charge on any atom is 0.286 e. The molecule has 36 heavy (non-hydrogen) atoms. The average molecular weight is 547 g/mol. The van der Waals surface area contributed by atoms with Gasteiger partial charge >= 0.3 is 0 Å². The lowest BCUT2D eigenvalue weighted by molar-refractivity contribution is -0.118. The summed E-state index contributed by atoms with van der Waals surface area (Å²) in [5, 5.41) is 1.64. The maximum absolute atomic E-state index is 11.7. The molecule has 4 aromatic rings. The Hall–Kier alpha value is -3.40. The summed E-state index contributed by atoms with van der Waals surface area (Å²) in [5.74, 6) is 2.60. The topological polar surface area (TPSA) is 108 Å². The number of rotatable bonds is 7. The number of aromatic nitrogens is 2. The molecule has 1 aliphatic heterocycles. The zero-order valence-corrected chi connectivity index (χ0v) is 21.6. The molecule has 0 radical (unpaired) electrons. The number of halogens is 2. The number of ether oxygens (including phenoxy) is 2. The Morgan fingerprint density at radius 2 is 1.72 bits per heavy atom. The van der Waals surface area contributed by atoms with E-state index in [0.717, 1.165) is 34.2 Å². The van der Waals surface area contributed by atoms with Crippen LogP contribution >= 0.6 is 36.6 Å². The lowest BCUT2D eigenvalue weighted by atomic mass is 10.1. The van der Waals surface area contributed by atoms with E-state index in [1.54, 1.807) is 6.07 Å². The summed E-state index contributed by atoms with van der Waals surface area (Å²) in [5.41, 5.74) is 9.21. The highest BCUT2D eigenvalue weighted by atomic mass is 35.5. The number of nitrogens with zero attached hydrogens (tertiary/aromatic N) is 2. The van der Waals surface area contributed by atoms with Gasteiger partial charge in [-0.25, -0.2) is 4.98 Å². The Kier molecular flexibility index (Phi) is 8.73. The Labute approximate surface area is 224 Å². The molecule has 0 bridgehead atoms. The zero-order valence-electron chi connectivity index (χ0n) is 19.2. The predicted octanol–water partition coefficient (Wildman–Crippen LogP) is 5.26. The number of nitrogen functional groups attached to an aromatic ring is 1. The first-order chi connectivity index (χ1) is 16.4. The van der Waals surface area contributed by atoms with Crippen LogP contribution in [0.5, 0.6) is 17.2 Å². The summed E-state index contributed by atoms with van der Waals surface area (Å²) in [6, 6.07) is 20.5. The van der Waals surface area contributed by atoms with E-state index >= 15 is 0 Å². The second-order valence-corrected chi connectivity index (χ2v) is 9.11. The smallest absolute Gasteiger partial charge is 0.286 e. The van der Waals surface area contributed by atoms with Gasteiger partial charge in [0.1, 0.15) is 29.7 Å². The molecule has 188 valence electrons. The van der Waals surface area contributed by atoms with Crippen LogP contribution in [0.4, 0.5) is 10.5 Å². The van der Waals surface area contributed by atoms with Crippen LogP contribution in [-0.4, -0.2) is 25.9 Å². The molecule has 5 rings (SSSR count). The molecule has 1 aromatic heterocycles. The van der Waals surface area contributed by atoms with Gasteiger partial charge in [-0.05, 0) is 48.4 Å². The van der Waals surface area contributed by atoms with Gasteiger partial charge in [0.25, 0.3) is 5.24 Å². The van der Waals surface area contributed by atoms with Crippen LogP contribution in [0.3, 0.4) is 0 Å². The molecule has 0 saturated carbocycles. The lowest BCUT2D eigenvalue weighted by Gasteiger charge is -2.09. The summed E-state index contributed by atoms with van der Waals surface area (Å²) in [4.78, 5) is 27.7. The van der Waals surface area contributed by atoms with E-state index in [0.29, 0.717) is 36.0 Å². The monoisotopic (exact) mass is 546 g/mol. The zero-order chi connectivity index (χ0) is 23.7. The van der Waals surface area contributed by atoms with Crippen LogP contribution in [0.15, 0.2) is 66.7 Å². The fourth-order valence-electron chi connectivity index (χ4n) is 3.74. The fourth-order valence-corrected chi connectivity index (χ4v) is 4.60. The highest BCUT2D eigenvalue weighted by Crippen LogP contribution is 2.28. The predicted molar refractivity (Wildman–Crippen MR) is 146 cm³/mol. The number of anilines is 1. The quantitative estimate of drug-likeness (QED) is 0.304. The van der Waals surface area contributed by atoms with Crippen molar-refractivity contribution < 1.29 is 19.1 Å². The van der Waals surface area contributed by atoms with Crippen molar-refractivity contribution >= 4 is 64.4 Å². The number of imidazole rings is 1. The number of thioether (sulfide) groups is 1. The molecule has 2 heterocycles. The van der Waals surface area contributed by atoms with Crippen LogP contribution in [-0.2, 0) is 24.9 Å². The van der Waals surface area contributed by atoms with Crippen LogP contribution in [0, 0.1) is 0 Å². The summed E-state index contributed by atoms with van der Waals surface area (Å²) in [6.45, 7) is 0.297. The molecule has 1 atom stereocenters. The molecular weight excluding hydrogens is 523 g/mol. The van der Waals surface area contributed by atoms with Crippen LogP contribution in [0.25, 0.3) is 11.0 Å². The van der Waals surface area contributed by atoms with Crippen LogP contribution in [0.2, 0.25) is 0 Å². The van der Waals surface area contributed by atoms with Crippen molar-refractivity contribution in [2.75, 3.05) is 5.73 Å². The second kappa shape index (κ2) is 11.6. The van der Waals surface area contributed by atoms with Gasteiger partial charge in [0.2, 0.25) is 5.91 Å². The number of nitrogens with two attached hydrogens (primary N) is 1. The molecule has 0 aliphatic carbocycles. The summed E-state index contributed by atoms with van der Waals surface area (Å²) in [6.07, 6.45) is 0.493. The summed E-state index contributed by atoms with van der Waals surface area (Å²) in [7, 11) is 1.94. The highest BCUT2D eigenvalue weighted by Gasteiger charge is 2.31. The minimum atomic E-state index is -0.382. The van der Waals surface area contributed by atoms with Crippen LogP contribution in [0.1, 0.15) is 11.4 Å². The second-order valence-electron chi connectivity index (χ2n) is 7.93. The number of hydrogen-bond acceptors (Lipinski definition) is 7. The largest absolute Gasteiger partial charge is 0.486 e. The molecular formula is C25H24Cl2N4O4S. The van der Waals surface area contributed by atoms with E-state index in [-0.39, 0.29) is 41.2 Å². The van der Waals surface area contributed by atoms with Gasteiger partial charge in [-0.1, -0.05) is 30.0 Å². The van der Waals surface area contributed by atoms with Crippen molar-refractivity contribution in [3.63, 3.8) is 0 Å². The average Bonchev–Trinajstić information content (AvgIpc) is 3.30. The molecule has 2 amide bonds. The number of nitrogens with one attached hydrogen (secondary N) is 1. The third-order valence-corrected chi connectivity index (χ3v) is 6.50. The fraction of sp³-hybridized carbons (Fsp3) is 0.160. The number of hydrogen-bond donors (Lipinski definition) is 2. The third-order valence-electron chi connectivity index (χ3n) is 5.52. The van der Waals surface area contributed by atoms with Crippen molar-refractivity contribution in [1.82, 2.24) is 14.9 Å². The Bertz CT molecular complexity index is 1390. The number of carbonyl (C=O) groups is 2. The first-order valence-electron chi connectivity index (χ1n) is 10.7. The van der Waals surface area contributed by atoms with Crippen molar-refractivity contribution in [3.05, 3.63) is 78.1 Å². The number of carbonyl (C=O) groups excluding carboxylic acids is 2. The summed E-state index contributed by atoms with van der Waals surface area (Å²) >= 11 is 1.03. The SMILES string of the molecule is Cl.Cl.Cn1c(COc2ccc(CC3SC(=O)NC3=O)cc2)nc2ccc(Oc3cccc(N)c3)cc21. The van der Waals surface area contributed by atoms with E-state index < -0.39 is 0 Å². The van der Waals surface area contributed by atoms with E-state index in [1.807, 2.05) is 72.3 Å². The van der Waals surface area contributed by atoms with Gasteiger partial charge in [0.05, 0.1) is 16.3 Å². The maximum atomic E-state index is 11.7. The van der Waals surface area contributed by atoms with Gasteiger partial charge < -0.3 is 19.8 Å². The Morgan fingerprint density at radius 3 is 2.42 bits per heavy atom. The van der Waals surface area contributed by atoms with E-state index in [2.05, 4.69) is 10.3 Å². The highest BCUT2D eigenvalue weighted by molar-refractivity contribution is 8.15. The van der Waals surface area contributed by atoms with Crippen LogP contribution < -0.4 is 20.5 Å². The van der Waals surface area contributed by atoms with Crippen molar-refractivity contribution in [1.29, 1.82) is 0 Å². The minimum absolute atomic E-state index is 0. The van der Waals surface area contributed by atoms with E-state index in [1.165, 1.54) is 0 Å². The van der Waals surface area contributed by atoms with Crippen molar-refractivity contribution in [2.45, 2.75) is 18.3 Å².